The second kappa shape index (κ2) is 52.0. The van der Waals surface area contributed by atoms with Gasteiger partial charge in [-0.3, -0.25) is 38.4 Å². The van der Waals surface area contributed by atoms with E-state index < -0.39 is 59.9 Å². The van der Waals surface area contributed by atoms with E-state index in [9.17, 15) is 63.0 Å². The Kier molecular flexibility index (Phi) is 50.4. The molecule has 0 spiro atoms. The molecule has 82 heavy (non-hydrogen) atoms. The van der Waals surface area contributed by atoms with Crippen LogP contribution in [0.4, 0.5) is 0 Å². The number of carboxylic acid groups (broad SMARTS) is 4. The van der Waals surface area contributed by atoms with Crippen LogP contribution in [0, 0.1) is 30.6 Å². The van der Waals surface area contributed by atoms with Crippen LogP contribution in [0.15, 0.2) is 24.3 Å². The topological polar surface area (TPSA) is 385 Å². The summed E-state index contributed by atoms with van der Waals surface area (Å²) in [5.74, 6) is -8.86. The molecule has 1 unspecified atom stereocenters. The maximum atomic E-state index is 12.5. The number of carbonyl (C=O) groups is 11. The molecule has 0 aliphatic heterocycles. The third kappa shape index (κ3) is 45.9. The molecule has 0 fully saturated rings. The molecule has 9 N–H and O–H groups in total. The van der Waals surface area contributed by atoms with Gasteiger partial charge in [-0.05, 0) is 69.0 Å². The molecule has 0 aliphatic carbocycles. The van der Waals surface area contributed by atoms with Crippen molar-refractivity contribution in [1.29, 1.82) is 0 Å². The average molecular weight is 1260 g/mol. The molecular weight excluding hydrogens is 1170 g/mol. The van der Waals surface area contributed by atoms with E-state index in [4.69, 9.17) is 44.7 Å². The van der Waals surface area contributed by atoms with Crippen LogP contribution >= 0.6 is 11.8 Å². The van der Waals surface area contributed by atoms with Crippen LogP contribution in [0.1, 0.15) is 133 Å². The molecule has 24 nitrogen and oxygen atoms in total. The smallest absolute Gasteiger partial charge is 0.335 e. The molecule has 1 aromatic rings. The number of aliphatic hydroxyl groups excluding tert-OH is 1. The van der Waals surface area contributed by atoms with Crippen molar-refractivity contribution in [3.63, 3.8) is 0 Å². The van der Waals surface area contributed by atoms with Crippen LogP contribution in [0.25, 0.3) is 0 Å². The number of unbranched alkanes of at least 4 members (excludes halogenated alkanes) is 8. The first-order valence-corrected chi connectivity index (χ1v) is 28.6. The predicted molar refractivity (Wildman–Crippen MR) is 298 cm³/mol. The number of hydrogen-bond acceptors (Lipinski definition) is 19. The molecule has 0 bridgehead atoms. The number of Topliss-reactive ketones (excluding diaryl/α,β-unsaturated/α-hetero) is 4. The third-order valence-electron chi connectivity index (χ3n) is 12.0. The molecule has 1 radical (unpaired) electrons. The molecule has 0 saturated carbocycles. The number of carbonyl (C=O) groups excluding carboxylic acids is 7. The zero-order valence-electron chi connectivity index (χ0n) is 47.4. The molecule has 0 aromatic heterocycles. The minimum absolute atomic E-state index is 0. The number of hydrogen-bond donors (Lipinski definition) is 8. The van der Waals surface area contributed by atoms with Crippen LogP contribution in [0.3, 0.4) is 0 Å². The fraction of sp³-hybridized carbons (Fsp3) is 0.679. The number of aliphatic carboxylic acids is 3. The quantitative estimate of drug-likeness (QED) is 0.0258. The summed E-state index contributed by atoms with van der Waals surface area (Å²) in [5, 5.41) is 51.5. The standard InChI is InChI=1S/C53H81N2O20S.C3H7NO.Y/c1-38(47(60)32-42(33-56)53(69)70)36-76-37-44(58)14-10-7-8-12-40(51(65)66)31-45(59)34-73-28-26-72-25-22-55-49(62)35-74-29-27-71-24-21-54-48(61)20-17-41(52(67)68)30-43(57)13-9-5-3-2-4-6-11-23-75-46-18-15-39(16-19-46)50(63)64;1-3(4)2-5;/h15-16,18-19,38,40-42,56H,1-14,17,20-37H2,(H,54,61)(H,55,62)(H,63,64)(H,65,66)(H,67,68)(H,69,70);2-3H,4H2,1H3;/q-1;;/t38-,40?,41-,42-;3-;/m00./s1. The van der Waals surface area contributed by atoms with Gasteiger partial charge in [0.2, 0.25) is 11.8 Å². The van der Waals surface area contributed by atoms with E-state index in [0.29, 0.717) is 50.7 Å². The number of aliphatic hydroxyl groups is 1. The molecule has 463 valence electrons. The van der Waals surface area contributed by atoms with Crippen molar-refractivity contribution in [3.05, 3.63) is 36.8 Å². The molecule has 5 atom stereocenters. The van der Waals surface area contributed by atoms with Crippen LogP contribution in [-0.2, 0) is 99.6 Å². The Bertz CT molecular complexity index is 2010. The molecule has 0 heterocycles. The van der Waals surface area contributed by atoms with Crippen molar-refractivity contribution in [2.45, 2.75) is 129 Å². The van der Waals surface area contributed by atoms with Gasteiger partial charge in [0.25, 0.3) is 0 Å². The summed E-state index contributed by atoms with van der Waals surface area (Å²) in [6, 6.07) is 5.98. The fourth-order valence-electron chi connectivity index (χ4n) is 7.30. The number of ether oxygens (including phenoxy) is 5. The van der Waals surface area contributed by atoms with Crippen molar-refractivity contribution in [3.8, 4) is 5.75 Å². The Balaban J connectivity index is 0. The van der Waals surface area contributed by atoms with Crippen LogP contribution in [0.2, 0.25) is 0 Å². The minimum atomic E-state index is -1.26. The SMILES string of the molecule is C[C@H](N)C=O.[CH2-][C@@H](CSCC(=O)CCCCCC(CC(=O)COCCOCCNC(=O)COCCOCCNC(=O)CC[C@@H](CC(=O)CCCCCCCCCOc1ccc(C(=O)O)cc1)C(=O)O)C(=O)O)C(=O)C[C@@H](CO)C(=O)O.[Y]. The van der Waals surface area contributed by atoms with E-state index in [1.165, 1.54) is 23.9 Å². The third-order valence-corrected chi connectivity index (χ3v) is 13.2. The number of thioether (sulfide) groups is 1. The van der Waals surface area contributed by atoms with E-state index in [0.717, 1.165) is 38.5 Å². The molecule has 0 saturated heterocycles. The van der Waals surface area contributed by atoms with Crippen LogP contribution in [0.5, 0.6) is 5.75 Å². The van der Waals surface area contributed by atoms with E-state index >= 15 is 0 Å². The summed E-state index contributed by atoms with van der Waals surface area (Å²) >= 11 is 1.22. The summed E-state index contributed by atoms with van der Waals surface area (Å²) in [4.78, 5) is 128. The second-order valence-electron chi connectivity index (χ2n) is 19.3. The molecular formula is C56H88N3O21SY-. The second-order valence-corrected chi connectivity index (χ2v) is 20.3. The molecule has 1 rings (SSSR count). The molecule has 2 amide bonds. The maximum absolute atomic E-state index is 12.5. The van der Waals surface area contributed by atoms with E-state index in [2.05, 4.69) is 17.6 Å². The first-order valence-electron chi connectivity index (χ1n) is 27.5. The number of ketones is 4. The molecule has 26 heteroatoms. The summed E-state index contributed by atoms with van der Waals surface area (Å²) in [6.07, 6.45) is 8.87. The number of benzene rings is 1. The van der Waals surface area contributed by atoms with Gasteiger partial charge in [0, 0.05) is 84.3 Å². The Labute approximate surface area is 510 Å². The van der Waals surface area contributed by atoms with Crippen molar-refractivity contribution in [2.75, 3.05) is 90.7 Å². The Morgan fingerprint density at radius 2 is 1.07 bits per heavy atom. The maximum Gasteiger partial charge on any atom is 0.335 e. The first kappa shape index (κ1) is 79.5. The number of rotatable bonds is 53. The van der Waals surface area contributed by atoms with Gasteiger partial charge in [-0.25, -0.2) is 4.79 Å². The summed E-state index contributed by atoms with van der Waals surface area (Å²) in [6.45, 7) is 5.93. The molecule has 1 aromatic carbocycles. The summed E-state index contributed by atoms with van der Waals surface area (Å²) < 4.78 is 27.0. The zero-order valence-corrected chi connectivity index (χ0v) is 51.1. The van der Waals surface area contributed by atoms with E-state index in [1.807, 2.05) is 0 Å². The van der Waals surface area contributed by atoms with Crippen molar-refractivity contribution in [2.24, 2.45) is 29.4 Å². The number of aldehydes is 1. The van der Waals surface area contributed by atoms with E-state index in [-0.39, 0.29) is 196 Å². The van der Waals surface area contributed by atoms with Gasteiger partial charge in [0.1, 0.15) is 42.6 Å². The summed E-state index contributed by atoms with van der Waals surface area (Å²) in [5.41, 5.74) is 5.13. The first-order chi connectivity index (χ1) is 38.7. The number of carboxylic acids is 4. The largest absolute Gasteiger partial charge is 0.494 e. The minimum Gasteiger partial charge on any atom is -0.494 e. The van der Waals surface area contributed by atoms with E-state index in [1.54, 1.807) is 19.1 Å². The number of amides is 2. The Morgan fingerprint density at radius 1 is 0.585 bits per heavy atom. The van der Waals surface area contributed by atoms with Gasteiger partial charge in [-0.15, -0.1) is 5.92 Å². The molecule has 0 aliphatic rings. The zero-order chi connectivity index (χ0) is 60.6. The van der Waals surface area contributed by atoms with Gasteiger partial charge in [0.15, 0.2) is 5.78 Å². The van der Waals surface area contributed by atoms with Gasteiger partial charge >= 0.3 is 23.9 Å². The van der Waals surface area contributed by atoms with Crippen LogP contribution in [-0.4, -0.2) is 187 Å². The number of nitrogens with one attached hydrogen (secondary N) is 2. The summed E-state index contributed by atoms with van der Waals surface area (Å²) in [7, 11) is 0. The predicted octanol–water partition coefficient (Wildman–Crippen LogP) is 4.17. The van der Waals surface area contributed by atoms with Crippen molar-refractivity contribution < 1.29 is 135 Å². The van der Waals surface area contributed by atoms with Crippen molar-refractivity contribution >= 4 is 76.9 Å². The Morgan fingerprint density at radius 3 is 1.62 bits per heavy atom. The number of aromatic carboxylic acids is 1. The fourth-order valence-corrected chi connectivity index (χ4v) is 8.26. The average Bonchev–Trinajstić information content (AvgIpc) is 3.42. The van der Waals surface area contributed by atoms with Gasteiger partial charge in [-0.1, -0.05) is 44.9 Å². The Hall–Kier alpha value is -4.60. The number of nitrogens with two attached hydrogens (primary N) is 1. The normalized spacial score (nSPS) is 12.6. The monoisotopic (exact) mass is 1260 g/mol. The van der Waals surface area contributed by atoms with Crippen LogP contribution < -0.4 is 21.1 Å². The van der Waals surface area contributed by atoms with Gasteiger partial charge < -0.3 is 82.1 Å². The van der Waals surface area contributed by atoms with Gasteiger partial charge in [0.05, 0.1) is 88.0 Å². The van der Waals surface area contributed by atoms with Gasteiger partial charge in [-0.2, -0.15) is 11.8 Å². The van der Waals surface area contributed by atoms with Crippen molar-refractivity contribution in [1.82, 2.24) is 10.6 Å².